The van der Waals surface area contributed by atoms with Gasteiger partial charge in [0.2, 0.25) is 0 Å². The van der Waals surface area contributed by atoms with E-state index < -0.39 is 11.4 Å². The van der Waals surface area contributed by atoms with Gasteiger partial charge in [-0.1, -0.05) is 42.5 Å². The smallest absolute Gasteiger partial charge is 0.314 e. The lowest BCUT2D eigenvalue weighted by atomic mass is 9.79. The molecule has 0 aliphatic rings. The maximum absolute atomic E-state index is 11.3. The zero-order chi connectivity index (χ0) is 11.3. The van der Waals surface area contributed by atoms with E-state index in [1.807, 2.05) is 49.4 Å². The van der Waals surface area contributed by atoms with Crippen molar-refractivity contribution in [2.45, 2.75) is 25.7 Å². The van der Waals surface area contributed by atoms with Crippen LogP contribution in [0.4, 0.5) is 0 Å². The first kappa shape index (κ1) is 11.5. The van der Waals surface area contributed by atoms with Gasteiger partial charge in [0.25, 0.3) is 0 Å². The first-order chi connectivity index (χ1) is 7.11. The molecule has 0 spiro atoms. The topological polar surface area (TPSA) is 37.3 Å². The zero-order valence-electron chi connectivity index (χ0n) is 9.10. The summed E-state index contributed by atoms with van der Waals surface area (Å²) in [5.74, 6) is -0.785. The third-order valence-corrected chi connectivity index (χ3v) is 2.64. The van der Waals surface area contributed by atoms with E-state index in [2.05, 4.69) is 0 Å². The van der Waals surface area contributed by atoms with Crippen molar-refractivity contribution in [2.75, 3.05) is 0 Å². The first-order valence-electron chi connectivity index (χ1n) is 5.01. The highest BCUT2D eigenvalue weighted by Crippen LogP contribution is 2.28. The molecule has 0 saturated carbocycles. The summed E-state index contributed by atoms with van der Waals surface area (Å²) < 4.78 is 0. The van der Waals surface area contributed by atoms with Crippen molar-refractivity contribution in [1.82, 2.24) is 0 Å². The zero-order valence-corrected chi connectivity index (χ0v) is 9.10. The van der Waals surface area contributed by atoms with E-state index >= 15 is 0 Å². The molecule has 1 aromatic carbocycles. The monoisotopic (exact) mass is 204 g/mol. The van der Waals surface area contributed by atoms with Crippen molar-refractivity contribution in [3.63, 3.8) is 0 Å². The Morgan fingerprint density at radius 3 is 2.47 bits per heavy atom. The van der Waals surface area contributed by atoms with Gasteiger partial charge in [-0.05, 0) is 25.8 Å². The Morgan fingerprint density at radius 2 is 2.00 bits per heavy atom. The molecule has 0 fully saturated rings. The number of carboxylic acid groups (broad SMARTS) is 1. The molecule has 0 aromatic heterocycles. The molecule has 0 bridgehead atoms. The summed E-state index contributed by atoms with van der Waals surface area (Å²) in [6.45, 7) is 3.65. The molecule has 1 rings (SSSR count). The Labute approximate surface area is 90.3 Å². The Balaban J connectivity index is 3.07. The predicted octanol–water partition coefficient (Wildman–Crippen LogP) is 3.00. The predicted molar refractivity (Wildman–Crippen MR) is 60.9 cm³/mol. The number of benzene rings is 1. The van der Waals surface area contributed by atoms with E-state index in [4.69, 9.17) is 0 Å². The number of rotatable bonds is 4. The molecule has 0 radical (unpaired) electrons. The molecule has 1 N–H and O–H groups in total. The Bertz CT molecular complexity index is 354. The second-order valence-electron chi connectivity index (χ2n) is 3.78. The average Bonchev–Trinajstić information content (AvgIpc) is 2.27. The van der Waals surface area contributed by atoms with Crippen LogP contribution in [0, 0.1) is 0 Å². The van der Waals surface area contributed by atoms with E-state index in [-0.39, 0.29) is 0 Å². The van der Waals surface area contributed by atoms with Crippen LogP contribution in [-0.2, 0) is 10.2 Å². The van der Waals surface area contributed by atoms with E-state index in [0.29, 0.717) is 6.42 Å². The molecule has 0 unspecified atom stereocenters. The van der Waals surface area contributed by atoms with Crippen molar-refractivity contribution in [3.8, 4) is 0 Å². The summed E-state index contributed by atoms with van der Waals surface area (Å²) in [4.78, 5) is 11.3. The second kappa shape index (κ2) is 4.78. The molecule has 2 heteroatoms. The minimum Gasteiger partial charge on any atom is -0.481 e. The molecule has 0 aliphatic heterocycles. The molecule has 0 amide bonds. The number of hydrogen-bond donors (Lipinski definition) is 1. The minimum absolute atomic E-state index is 0.517. The number of aliphatic carboxylic acids is 1. The fourth-order valence-electron chi connectivity index (χ4n) is 1.49. The van der Waals surface area contributed by atoms with Gasteiger partial charge in [0.05, 0.1) is 5.41 Å². The van der Waals surface area contributed by atoms with Gasteiger partial charge >= 0.3 is 5.97 Å². The summed E-state index contributed by atoms with van der Waals surface area (Å²) >= 11 is 0. The molecule has 0 saturated heterocycles. The number of hydrogen-bond acceptors (Lipinski definition) is 1. The molecule has 1 aromatic rings. The molecule has 0 aliphatic carbocycles. The fraction of sp³-hybridized carbons (Fsp3) is 0.308. The molecule has 2 nitrogen and oxygen atoms in total. The van der Waals surface area contributed by atoms with Crippen LogP contribution in [0.5, 0.6) is 0 Å². The highest BCUT2D eigenvalue weighted by Gasteiger charge is 2.33. The van der Waals surface area contributed by atoms with Crippen LogP contribution in [0.25, 0.3) is 0 Å². The second-order valence-corrected chi connectivity index (χ2v) is 3.78. The summed E-state index contributed by atoms with van der Waals surface area (Å²) in [7, 11) is 0. The molecule has 80 valence electrons. The summed E-state index contributed by atoms with van der Waals surface area (Å²) in [5.41, 5.74) is 0.0175. The minimum atomic E-state index is -0.826. The summed E-state index contributed by atoms with van der Waals surface area (Å²) in [6.07, 6.45) is 4.29. The van der Waals surface area contributed by atoms with Gasteiger partial charge in [0.1, 0.15) is 0 Å². The van der Waals surface area contributed by atoms with Crippen LogP contribution in [0.15, 0.2) is 42.5 Å². The van der Waals surface area contributed by atoms with Gasteiger partial charge in [-0.2, -0.15) is 0 Å². The number of carboxylic acids is 1. The van der Waals surface area contributed by atoms with E-state index in [0.717, 1.165) is 5.56 Å². The third-order valence-electron chi connectivity index (χ3n) is 2.64. The van der Waals surface area contributed by atoms with Gasteiger partial charge in [0, 0.05) is 0 Å². The van der Waals surface area contributed by atoms with E-state index in [9.17, 15) is 9.90 Å². The maximum atomic E-state index is 11.3. The first-order valence-corrected chi connectivity index (χ1v) is 5.01. The highest BCUT2D eigenvalue weighted by atomic mass is 16.4. The van der Waals surface area contributed by atoms with E-state index in [1.54, 1.807) is 6.92 Å². The third kappa shape index (κ3) is 2.46. The lowest BCUT2D eigenvalue weighted by molar-refractivity contribution is -0.143. The molecule has 1 atom stereocenters. The van der Waals surface area contributed by atoms with Crippen LogP contribution in [-0.4, -0.2) is 11.1 Å². The number of allylic oxidation sites excluding steroid dienone is 2. The van der Waals surface area contributed by atoms with Crippen molar-refractivity contribution in [2.24, 2.45) is 0 Å². The molecular weight excluding hydrogens is 188 g/mol. The van der Waals surface area contributed by atoms with E-state index in [1.165, 1.54) is 0 Å². The summed E-state index contributed by atoms with van der Waals surface area (Å²) in [5, 5.41) is 9.28. The Hall–Kier alpha value is -1.57. The van der Waals surface area contributed by atoms with Gasteiger partial charge in [-0.25, -0.2) is 0 Å². The SMILES string of the molecule is C/C=C/C[C@@](C)(C(=O)O)c1ccccc1. The summed E-state index contributed by atoms with van der Waals surface area (Å²) in [6, 6.07) is 9.34. The molecule has 0 heterocycles. The van der Waals surface area contributed by atoms with Crippen LogP contribution in [0.3, 0.4) is 0 Å². The van der Waals surface area contributed by atoms with Gasteiger partial charge in [-0.3, -0.25) is 4.79 Å². The van der Waals surface area contributed by atoms with Crippen molar-refractivity contribution >= 4 is 5.97 Å². The molecule has 15 heavy (non-hydrogen) atoms. The number of carbonyl (C=O) groups is 1. The lowest BCUT2D eigenvalue weighted by Crippen LogP contribution is -2.31. The van der Waals surface area contributed by atoms with Gasteiger partial charge in [-0.15, -0.1) is 0 Å². The Morgan fingerprint density at radius 1 is 1.40 bits per heavy atom. The largest absolute Gasteiger partial charge is 0.481 e. The fourth-order valence-corrected chi connectivity index (χ4v) is 1.49. The van der Waals surface area contributed by atoms with Crippen LogP contribution < -0.4 is 0 Å². The standard InChI is InChI=1S/C13H16O2/c1-3-4-10-13(2,12(14)15)11-8-6-5-7-9-11/h3-9H,10H2,1-2H3,(H,14,15)/b4-3+/t13-/m1/s1. The quantitative estimate of drug-likeness (QED) is 0.765. The average molecular weight is 204 g/mol. The van der Waals surface area contributed by atoms with Gasteiger partial charge in [0.15, 0.2) is 0 Å². The van der Waals surface area contributed by atoms with Crippen molar-refractivity contribution in [3.05, 3.63) is 48.0 Å². The van der Waals surface area contributed by atoms with Crippen molar-refractivity contribution in [1.29, 1.82) is 0 Å². The van der Waals surface area contributed by atoms with Crippen LogP contribution in [0.1, 0.15) is 25.8 Å². The van der Waals surface area contributed by atoms with Crippen molar-refractivity contribution < 1.29 is 9.90 Å². The van der Waals surface area contributed by atoms with Gasteiger partial charge < -0.3 is 5.11 Å². The maximum Gasteiger partial charge on any atom is 0.314 e. The normalized spacial score (nSPS) is 15.1. The van der Waals surface area contributed by atoms with Crippen LogP contribution >= 0.6 is 0 Å². The highest BCUT2D eigenvalue weighted by molar-refractivity contribution is 5.81. The Kier molecular flexibility index (Phi) is 3.67. The lowest BCUT2D eigenvalue weighted by Gasteiger charge is -2.23. The van der Waals surface area contributed by atoms with Crippen LogP contribution in [0.2, 0.25) is 0 Å². The molecular formula is C13H16O2.